The first kappa shape index (κ1) is 20.1. The van der Waals surface area contributed by atoms with E-state index in [0.29, 0.717) is 12.2 Å². The molecule has 0 saturated carbocycles. The summed E-state index contributed by atoms with van der Waals surface area (Å²) >= 11 is 1.56. The predicted molar refractivity (Wildman–Crippen MR) is 110 cm³/mol. The van der Waals surface area contributed by atoms with Gasteiger partial charge in [0.1, 0.15) is 5.76 Å². The maximum atomic E-state index is 12.5. The number of esters is 1. The third kappa shape index (κ3) is 5.92. The van der Waals surface area contributed by atoms with Crippen molar-refractivity contribution in [3.05, 3.63) is 90.0 Å². The van der Waals surface area contributed by atoms with Gasteiger partial charge in [-0.15, -0.1) is 6.58 Å². The third-order valence-corrected chi connectivity index (χ3v) is 4.72. The van der Waals surface area contributed by atoms with Gasteiger partial charge in [0.05, 0.1) is 5.41 Å². The van der Waals surface area contributed by atoms with Crippen LogP contribution in [0.4, 0.5) is 0 Å². The zero-order chi connectivity index (χ0) is 19.0. The van der Waals surface area contributed by atoms with E-state index in [0.717, 1.165) is 10.5 Å². The second kappa shape index (κ2) is 9.44. The van der Waals surface area contributed by atoms with E-state index >= 15 is 0 Å². The van der Waals surface area contributed by atoms with Crippen LogP contribution in [0, 0.1) is 5.41 Å². The zero-order valence-corrected chi connectivity index (χ0v) is 16.5. The number of carbonyl (C=O) groups excluding carboxylic acids is 1. The molecule has 0 aliphatic carbocycles. The molecule has 0 bridgehead atoms. The monoisotopic (exact) mass is 366 g/mol. The summed E-state index contributed by atoms with van der Waals surface area (Å²) in [5.74, 6) is 0.378. The number of benzene rings is 2. The van der Waals surface area contributed by atoms with Gasteiger partial charge in [-0.1, -0.05) is 66.4 Å². The molecule has 1 unspecified atom stereocenters. The van der Waals surface area contributed by atoms with Crippen LogP contribution in [0.3, 0.4) is 0 Å². The van der Waals surface area contributed by atoms with Crippen LogP contribution in [-0.4, -0.2) is 5.97 Å². The summed E-state index contributed by atoms with van der Waals surface area (Å²) in [7, 11) is 0. The molecular formula is C23H26O2S. The SMILES string of the molecule is C=CCC(/C(=C/Sc1ccccc1)OC(=O)C(C)(C)C)c1ccccc1. The number of hydrogen-bond acceptors (Lipinski definition) is 3. The minimum atomic E-state index is -0.564. The minimum Gasteiger partial charge on any atom is -0.429 e. The summed E-state index contributed by atoms with van der Waals surface area (Å²) in [5.41, 5.74) is 0.542. The Bertz CT molecular complexity index is 743. The van der Waals surface area contributed by atoms with Crippen LogP contribution in [0.15, 0.2) is 89.4 Å². The van der Waals surface area contributed by atoms with Crippen LogP contribution in [0.2, 0.25) is 0 Å². The lowest BCUT2D eigenvalue weighted by atomic mass is 9.93. The van der Waals surface area contributed by atoms with Crippen molar-refractivity contribution in [2.45, 2.75) is 38.0 Å². The molecule has 0 amide bonds. The van der Waals surface area contributed by atoms with Crippen molar-refractivity contribution in [1.29, 1.82) is 0 Å². The van der Waals surface area contributed by atoms with E-state index in [4.69, 9.17) is 4.74 Å². The fraction of sp³-hybridized carbons (Fsp3) is 0.261. The molecule has 0 aliphatic rings. The van der Waals surface area contributed by atoms with Gasteiger partial charge in [0.25, 0.3) is 0 Å². The van der Waals surface area contributed by atoms with E-state index in [9.17, 15) is 4.79 Å². The molecule has 3 heteroatoms. The van der Waals surface area contributed by atoms with Gasteiger partial charge < -0.3 is 4.74 Å². The highest BCUT2D eigenvalue weighted by molar-refractivity contribution is 8.02. The summed E-state index contributed by atoms with van der Waals surface area (Å²) in [5, 5.41) is 1.94. The smallest absolute Gasteiger partial charge is 0.316 e. The van der Waals surface area contributed by atoms with E-state index in [1.165, 1.54) is 0 Å². The van der Waals surface area contributed by atoms with Gasteiger partial charge in [-0.2, -0.15) is 0 Å². The van der Waals surface area contributed by atoms with Gasteiger partial charge in [-0.25, -0.2) is 0 Å². The Morgan fingerprint density at radius 1 is 1.08 bits per heavy atom. The third-order valence-electron chi connectivity index (χ3n) is 3.83. The number of rotatable bonds is 7. The highest BCUT2D eigenvalue weighted by Gasteiger charge is 2.27. The van der Waals surface area contributed by atoms with Gasteiger partial charge >= 0.3 is 5.97 Å². The first-order valence-corrected chi connectivity index (χ1v) is 9.59. The quantitative estimate of drug-likeness (QED) is 0.240. The number of ether oxygens (including phenoxy) is 1. The molecule has 1 atom stereocenters. The van der Waals surface area contributed by atoms with Gasteiger partial charge in [0.2, 0.25) is 0 Å². The van der Waals surface area contributed by atoms with Gasteiger partial charge in [0, 0.05) is 16.2 Å². The highest BCUT2D eigenvalue weighted by Crippen LogP contribution is 2.34. The van der Waals surface area contributed by atoms with Gasteiger partial charge in [-0.3, -0.25) is 4.79 Å². The first-order valence-electron chi connectivity index (χ1n) is 8.71. The van der Waals surface area contributed by atoms with E-state index in [1.807, 2.05) is 80.8 Å². The molecular weight excluding hydrogens is 340 g/mol. The zero-order valence-electron chi connectivity index (χ0n) is 15.6. The van der Waals surface area contributed by atoms with Crippen molar-refractivity contribution in [3.8, 4) is 0 Å². The number of hydrogen-bond donors (Lipinski definition) is 0. The van der Waals surface area contributed by atoms with Gasteiger partial charge in [0.15, 0.2) is 0 Å². The molecule has 0 N–H and O–H groups in total. The second-order valence-electron chi connectivity index (χ2n) is 7.08. The van der Waals surface area contributed by atoms with E-state index in [1.54, 1.807) is 11.8 Å². The molecule has 0 radical (unpaired) electrons. The van der Waals surface area contributed by atoms with E-state index in [2.05, 4.69) is 18.7 Å². The van der Waals surface area contributed by atoms with Gasteiger partial charge in [-0.05, 0) is 44.9 Å². The minimum absolute atomic E-state index is 0.0452. The first-order chi connectivity index (χ1) is 12.4. The standard InChI is InChI=1S/C23H26O2S/c1-5-12-20(18-13-8-6-9-14-18)21(25-22(24)23(2,3)4)17-26-19-15-10-7-11-16-19/h5-11,13-17,20H,1,12H2,2-4H3/b21-17-. The predicted octanol–water partition coefficient (Wildman–Crippen LogP) is 6.57. The fourth-order valence-corrected chi connectivity index (χ4v) is 3.11. The molecule has 136 valence electrons. The number of thioether (sulfide) groups is 1. The summed E-state index contributed by atoms with van der Waals surface area (Å²) in [6.45, 7) is 9.47. The Morgan fingerprint density at radius 2 is 1.65 bits per heavy atom. The Morgan fingerprint density at radius 3 is 2.19 bits per heavy atom. The lowest BCUT2D eigenvalue weighted by Gasteiger charge is -2.23. The summed E-state index contributed by atoms with van der Waals surface area (Å²) in [6.07, 6.45) is 2.56. The average molecular weight is 367 g/mol. The Balaban J connectivity index is 2.36. The number of allylic oxidation sites excluding steroid dienone is 2. The normalized spacial score (nSPS) is 13.1. The maximum Gasteiger partial charge on any atom is 0.316 e. The van der Waals surface area contributed by atoms with Crippen molar-refractivity contribution in [3.63, 3.8) is 0 Å². The van der Waals surface area contributed by atoms with Crippen molar-refractivity contribution >= 4 is 17.7 Å². The maximum absolute atomic E-state index is 12.5. The summed E-state index contributed by atoms with van der Waals surface area (Å²) < 4.78 is 5.86. The molecule has 0 heterocycles. The largest absolute Gasteiger partial charge is 0.429 e. The fourth-order valence-electron chi connectivity index (χ4n) is 2.33. The Hall–Kier alpha value is -2.26. The van der Waals surface area contributed by atoms with Crippen LogP contribution >= 0.6 is 11.8 Å². The van der Waals surface area contributed by atoms with E-state index in [-0.39, 0.29) is 11.9 Å². The summed E-state index contributed by atoms with van der Waals surface area (Å²) in [4.78, 5) is 13.6. The molecule has 2 nitrogen and oxygen atoms in total. The van der Waals surface area contributed by atoms with E-state index < -0.39 is 5.41 Å². The second-order valence-corrected chi connectivity index (χ2v) is 8.02. The molecule has 2 aromatic carbocycles. The average Bonchev–Trinajstić information content (AvgIpc) is 2.64. The topological polar surface area (TPSA) is 26.3 Å². The molecule has 2 rings (SSSR count). The Labute approximate surface area is 161 Å². The molecule has 2 aromatic rings. The molecule has 0 spiro atoms. The van der Waals surface area contributed by atoms with Crippen molar-refractivity contribution in [1.82, 2.24) is 0 Å². The molecule has 0 aromatic heterocycles. The lowest BCUT2D eigenvalue weighted by Crippen LogP contribution is -2.24. The number of carbonyl (C=O) groups is 1. The van der Waals surface area contributed by atoms with Crippen LogP contribution < -0.4 is 0 Å². The van der Waals surface area contributed by atoms with Crippen molar-refractivity contribution < 1.29 is 9.53 Å². The van der Waals surface area contributed by atoms with Crippen molar-refractivity contribution in [2.24, 2.45) is 5.41 Å². The van der Waals surface area contributed by atoms with Crippen LogP contribution in [0.1, 0.15) is 38.7 Å². The summed E-state index contributed by atoms with van der Waals surface area (Å²) in [6, 6.07) is 20.1. The lowest BCUT2D eigenvalue weighted by molar-refractivity contribution is -0.148. The molecule has 0 aliphatic heterocycles. The van der Waals surface area contributed by atoms with Crippen LogP contribution in [0.5, 0.6) is 0 Å². The van der Waals surface area contributed by atoms with Crippen LogP contribution in [-0.2, 0) is 9.53 Å². The molecule has 26 heavy (non-hydrogen) atoms. The Kier molecular flexibility index (Phi) is 7.28. The van der Waals surface area contributed by atoms with Crippen LogP contribution in [0.25, 0.3) is 0 Å². The molecule has 0 saturated heterocycles. The molecule has 0 fully saturated rings. The highest BCUT2D eigenvalue weighted by atomic mass is 32.2. The van der Waals surface area contributed by atoms with Crippen molar-refractivity contribution in [2.75, 3.05) is 0 Å².